The molecule has 126 valence electrons. The normalized spacial score (nSPS) is 17.7. The fraction of sp³-hybridized carbons (Fsp3) is 0.615. The van der Waals surface area contributed by atoms with Crippen LogP contribution in [0, 0.1) is 0 Å². The second kappa shape index (κ2) is 6.28. The Balaban J connectivity index is 1.55. The van der Waals surface area contributed by atoms with E-state index in [1.54, 1.807) is 0 Å². The highest BCUT2D eigenvalue weighted by atomic mass is 19.4. The number of alkyl halides is 3. The van der Waals surface area contributed by atoms with Gasteiger partial charge in [-0.15, -0.1) is 0 Å². The molecule has 0 atom stereocenters. The van der Waals surface area contributed by atoms with E-state index in [9.17, 15) is 13.2 Å². The molecule has 0 spiro atoms. The first kappa shape index (κ1) is 15.9. The van der Waals surface area contributed by atoms with Crippen LogP contribution < -0.4 is 5.73 Å². The third kappa shape index (κ3) is 3.70. The van der Waals surface area contributed by atoms with Crippen molar-refractivity contribution in [3.8, 4) is 0 Å². The van der Waals surface area contributed by atoms with Gasteiger partial charge in [0, 0.05) is 5.92 Å². The topological polar surface area (TPSA) is 96.9 Å². The first-order valence-electron chi connectivity index (χ1n) is 7.31. The van der Waals surface area contributed by atoms with Crippen LogP contribution in [0.4, 0.5) is 13.2 Å². The number of nitrogens with zero attached hydrogens (tertiary/aromatic N) is 4. The zero-order valence-electron chi connectivity index (χ0n) is 12.3. The van der Waals surface area contributed by atoms with Gasteiger partial charge in [-0.2, -0.15) is 18.2 Å². The highest BCUT2D eigenvalue weighted by molar-refractivity contribution is 5.09. The molecule has 1 fully saturated rings. The van der Waals surface area contributed by atoms with Gasteiger partial charge in [-0.3, -0.25) is 4.90 Å². The molecule has 7 nitrogen and oxygen atoms in total. The summed E-state index contributed by atoms with van der Waals surface area (Å²) in [5.74, 6) is 1.38. The van der Waals surface area contributed by atoms with Crippen molar-refractivity contribution in [2.24, 2.45) is 5.73 Å². The van der Waals surface area contributed by atoms with Crippen molar-refractivity contribution in [2.75, 3.05) is 13.1 Å². The molecule has 10 heteroatoms. The van der Waals surface area contributed by atoms with Crippen LogP contribution in [0.15, 0.2) is 10.7 Å². The van der Waals surface area contributed by atoms with Crippen molar-refractivity contribution in [1.29, 1.82) is 0 Å². The summed E-state index contributed by atoms with van der Waals surface area (Å²) in [6, 6.07) is 0. The zero-order valence-corrected chi connectivity index (χ0v) is 12.3. The minimum atomic E-state index is -4.38. The third-order valence-electron chi connectivity index (χ3n) is 3.92. The van der Waals surface area contributed by atoms with Crippen LogP contribution in [0.3, 0.4) is 0 Å². The molecule has 1 saturated heterocycles. The smallest absolute Gasteiger partial charge is 0.338 e. The number of rotatable bonds is 4. The van der Waals surface area contributed by atoms with E-state index in [1.165, 1.54) is 0 Å². The van der Waals surface area contributed by atoms with Crippen LogP contribution in [0.25, 0.3) is 0 Å². The van der Waals surface area contributed by atoms with Crippen LogP contribution in [0.5, 0.6) is 0 Å². The van der Waals surface area contributed by atoms with E-state index >= 15 is 0 Å². The lowest BCUT2D eigenvalue weighted by molar-refractivity contribution is -0.141. The van der Waals surface area contributed by atoms with Crippen molar-refractivity contribution in [3.63, 3.8) is 0 Å². The molecular formula is C13H17F3N6O. The molecule has 3 heterocycles. The summed E-state index contributed by atoms with van der Waals surface area (Å²) in [4.78, 5) is 12.5. The third-order valence-corrected chi connectivity index (χ3v) is 3.92. The predicted octanol–water partition coefficient (Wildman–Crippen LogP) is 1.65. The highest BCUT2D eigenvalue weighted by Crippen LogP contribution is 2.31. The molecule has 23 heavy (non-hydrogen) atoms. The standard InChI is InChI=1S/C13H17F3N6O/c14-13(15,16)9-6-18-12(19-9)8-1-3-22(4-2-8)7-10-20-11(5-17)23-21-10/h6,8H,1-5,7,17H2,(H,18,19). The molecule has 0 aliphatic carbocycles. The average molecular weight is 330 g/mol. The molecule has 0 amide bonds. The van der Waals surface area contributed by atoms with E-state index < -0.39 is 11.9 Å². The fourth-order valence-corrected chi connectivity index (χ4v) is 2.69. The quantitative estimate of drug-likeness (QED) is 0.885. The summed E-state index contributed by atoms with van der Waals surface area (Å²) >= 11 is 0. The summed E-state index contributed by atoms with van der Waals surface area (Å²) in [7, 11) is 0. The number of likely N-dealkylation sites (tertiary alicyclic amines) is 1. The molecule has 0 bridgehead atoms. The Hall–Kier alpha value is -1.94. The van der Waals surface area contributed by atoms with E-state index in [2.05, 4.69) is 25.0 Å². The molecule has 3 N–H and O–H groups in total. The highest BCUT2D eigenvalue weighted by Gasteiger charge is 2.34. The number of nitrogens with two attached hydrogens (primary N) is 1. The number of piperidine rings is 1. The van der Waals surface area contributed by atoms with Crippen LogP contribution in [0.1, 0.15) is 42.0 Å². The summed E-state index contributed by atoms with van der Waals surface area (Å²) in [6.45, 7) is 2.22. The van der Waals surface area contributed by atoms with Crippen LogP contribution in [-0.2, 0) is 19.3 Å². The first-order valence-corrected chi connectivity index (χ1v) is 7.31. The number of nitrogens with one attached hydrogen (secondary N) is 1. The minimum Gasteiger partial charge on any atom is -0.338 e. The summed E-state index contributed by atoms with van der Waals surface area (Å²) in [6.07, 6.45) is -2.07. The lowest BCUT2D eigenvalue weighted by Crippen LogP contribution is -2.33. The maximum absolute atomic E-state index is 12.6. The predicted molar refractivity (Wildman–Crippen MR) is 73.0 cm³/mol. The van der Waals surface area contributed by atoms with Crippen molar-refractivity contribution in [3.05, 3.63) is 29.4 Å². The van der Waals surface area contributed by atoms with Gasteiger partial charge in [0.05, 0.1) is 19.3 Å². The first-order chi connectivity index (χ1) is 11.0. The molecule has 1 aliphatic heterocycles. The van der Waals surface area contributed by atoms with Crippen LogP contribution in [0.2, 0.25) is 0 Å². The van der Waals surface area contributed by atoms with Crippen molar-refractivity contribution in [2.45, 2.75) is 38.0 Å². The van der Waals surface area contributed by atoms with Crippen LogP contribution in [-0.4, -0.2) is 38.1 Å². The second-order valence-electron chi connectivity index (χ2n) is 5.54. The van der Waals surface area contributed by atoms with E-state index in [-0.39, 0.29) is 12.5 Å². The van der Waals surface area contributed by atoms with Gasteiger partial charge in [-0.05, 0) is 25.9 Å². The van der Waals surface area contributed by atoms with E-state index in [0.29, 0.717) is 24.1 Å². The van der Waals surface area contributed by atoms with Gasteiger partial charge in [0.2, 0.25) is 5.89 Å². The Morgan fingerprint density at radius 3 is 2.65 bits per heavy atom. The zero-order chi connectivity index (χ0) is 16.4. The molecule has 0 aromatic carbocycles. The number of halogens is 3. The summed E-state index contributed by atoms with van der Waals surface area (Å²) < 4.78 is 42.7. The van der Waals surface area contributed by atoms with Crippen molar-refractivity contribution in [1.82, 2.24) is 25.0 Å². The number of aromatic nitrogens is 4. The van der Waals surface area contributed by atoms with Gasteiger partial charge in [-0.1, -0.05) is 5.16 Å². The van der Waals surface area contributed by atoms with Gasteiger partial charge in [-0.25, -0.2) is 4.98 Å². The minimum absolute atomic E-state index is 0.00669. The number of hydrogen-bond donors (Lipinski definition) is 2. The largest absolute Gasteiger partial charge is 0.432 e. The average Bonchev–Trinajstić information content (AvgIpc) is 3.16. The molecule has 0 unspecified atom stereocenters. The Morgan fingerprint density at radius 2 is 2.09 bits per heavy atom. The molecule has 0 radical (unpaired) electrons. The lowest BCUT2D eigenvalue weighted by Gasteiger charge is -2.30. The number of hydrogen-bond acceptors (Lipinski definition) is 6. The lowest BCUT2D eigenvalue weighted by atomic mass is 9.96. The molecular weight excluding hydrogens is 313 g/mol. The Morgan fingerprint density at radius 1 is 1.35 bits per heavy atom. The molecule has 2 aromatic heterocycles. The molecule has 0 saturated carbocycles. The van der Waals surface area contributed by atoms with E-state index in [1.807, 2.05) is 0 Å². The molecule has 3 rings (SSSR count). The number of H-pyrrole nitrogens is 1. The van der Waals surface area contributed by atoms with Gasteiger partial charge in [0.1, 0.15) is 11.5 Å². The summed E-state index contributed by atoms with van der Waals surface area (Å²) in [5, 5.41) is 3.84. The SMILES string of the molecule is NCc1nc(CN2CCC(c3ncc(C(F)(F)F)[nH]3)CC2)no1. The van der Waals surface area contributed by atoms with Crippen molar-refractivity contribution < 1.29 is 17.7 Å². The van der Waals surface area contributed by atoms with Crippen LogP contribution >= 0.6 is 0 Å². The number of imidazole rings is 1. The van der Waals surface area contributed by atoms with Gasteiger partial charge < -0.3 is 15.2 Å². The summed E-state index contributed by atoms with van der Waals surface area (Å²) in [5.41, 5.74) is 4.62. The number of aromatic amines is 1. The Kier molecular flexibility index (Phi) is 4.35. The van der Waals surface area contributed by atoms with Gasteiger partial charge in [0.15, 0.2) is 5.82 Å². The Bertz CT molecular complexity index is 644. The fourth-order valence-electron chi connectivity index (χ4n) is 2.69. The van der Waals surface area contributed by atoms with Gasteiger partial charge in [0.25, 0.3) is 0 Å². The maximum atomic E-state index is 12.6. The van der Waals surface area contributed by atoms with Gasteiger partial charge >= 0.3 is 6.18 Å². The molecule has 2 aromatic rings. The Labute approximate surface area is 130 Å². The maximum Gasteiger partial charge on any atom is 0.432 e. The van der Waals surface area contributed by atoms with E-state index in [4.69, 9.17) is 10.3 Å². The molecule has 1 aliphatic rings. The monoisotopic (exact) mass is 330 g/mol. The van der Waals surface area contributed by atoms with E-state index in [0.717, 1.165) is 32.1 Å². The van der Waals surface area contributed by atoms with Crippen molar-refractivity contribution >= 4 is 0 Å². The second-order valence-corrected chi connectivity index (χ2v) is 5.54.